The molecule has 134 valence electrons. The monoisotopic (exact) mass is 371 g/mol. The summed E-state index contributed by atoms with van der Waals surface area (Å²) in [6.45, 7) is 2.39. The van der Waals surface area contributed by atoms with Gasteiger partial charge in [-0.05, 0) is 31.2 Å². The topological polar surface area (TPSA) is 85.6 Å². The van der Waals surface area contributed by atoms with E-state index in [-0.39, 0.29) is 22.9 Å². The third-order valence-corrected chi connectivity index (χ3v) is 4.78. The molecule has 3 aromatic rings. The Morgan fingerprint density at radius 2 is 2.08 bits per heavy atom. The second-order valence-electron chi connectivity index (χ2n) is 5.61. The third-order valence-electron chi connectivity index (χ3n) is 3.76. The van der Waals surface area contributed by atoms with Crippen LogP contribution < -0.4 is 4.74 Å². The zero-order valence-corrected chi connectivity index (χ0v) is 15.2. The first-order valence-electron chi connectivity index (χ1n) is 8.00. The first kappa shape index (κ1) is 17.8. The van der Waals surface area contributed by atoms with Crippen molar-refractivity contribution in [3.8, 4) is 5.75 Å². The van der Waals surface area contributed by atoms with Crippen LogP contribution in [0.5, 0.6) is 5.75 Å². The van der Waals surface area contributed by atoms with E-state index in [1.807, 2.05) is 24.3 Å². The first-order valence-corrected chi connectivity index (χ1v) is 8.82. The minimum atomic E-state index is -0.546. The van der Waals surface area contributed by atoms with Crippen LogP contribution in [-0.4, -0.2) is 34.4 Å². The van der Waals surface area contributed by atoms with Crippen LogP contribution >= 0.6 is 11.3 Å². The van der Waals surface area contributed by atoms with Gasteiger partial charge in [-0.1, -0.05) is 12.1 Å². The molecule has 1 aromatic heterocycles. The number of rotatable bonds is 6. The Hall–Kier alpha value is -3.00. The number of carbonyl (C=O) groups excluding carboxylic acids is 1. The molecule has 0 aliphatic rings. The molecule has 7 nitrogen and oxygen atoms in total. The number of ether oxygens (including phenoxy) is 1. The van der Waals surface area contributed by atoms with E-state index in [4.69, 9.17) is 4.74 Å². The van der Waals surface area contributed by atoms with Gasteiger partial charge in [-0.25, -0.2) is 4.98 Å². The van der Waals surface area contributed by atoms with Gasteiger partial charge in [0.2, 0.25) is 0 Å². The van der Waals surface area contributed by atoms with Gasteiger partial charge in [-0.15, -0.1) is 11.3 Å². The van der Waals surface area contributed by atoms with Crippen molar-refractivity contribution < 1.29 is 14.5 Å². The summed E-state index contributed by atoms with van der Waals surface area (Å²) in [4.78, 5) is 29.3. The number of thiazole rings is 1. The number of para-hydroxylation sites is 1. The predicted molar refractivity (Wildman–Crippen MR) is 99.7 cm³/mol. The molecular weight excluding hydrogens is 354 g/mol. The molecule has 3 rings (SSSR count). The average molecular weight is 371 g/mol. The smallest absolute Gasteiger partial charge is 0.311 e. The molecule has 26 heavy (non-hydrogen) atoms. The lowest BCUT2D eigenvalue weighted by molar-refractivity contribution is -0.385. The Kier molecular flexibility index (Phi) is 5.13. The van der Waals surface area contributed by atoms with E-state index < -0.39 is 4.92 Å². The van der Waals surface area contributed by atoms with Crippen molar-refractivity contribution in [2.75, 3.05) is 13.7 Å². The van der Waals surface area contributed by atoms with Crippen molar-refractivity contribution in [3.05, 3.63) is 63.1 Å². The van der Waals surface area contributed by atoms with E-state index in [0.29, 0.717) is 13.2 Å². The molecule has 0 bridgehead atoms. The fraction of sp³-hybridized carbons (Fsp3) is 0.222. The highest BCUT2D eigenvalue weighted by molar-refractivity contribution is 7.18. The highest BCUT2D eigenvalue weighted by atomic mass is 32.1. The van der Waals surface area contributed by atoms with Crippen LogP contribution in [0.1, 0.15) is 22.3 Å². The van der Waals surface area contributed by atoms with Gasteiger partial charge in [0.15, 0.2) is 5.75 Å². The molecule has 0 saturated carbocycles. The molecule has 1 heterocycles. The van der Waals surface area contributed by atoms with Gasteiger partial charge in [0.05, 0.1) is 28.3 Å². The molecule has 0 fully saturated rings. The predicted octanol–water partition coefficient (Wildman–Crippen LogP) is 3.88. The van der Waals surface area contributed by atoms with Gasteiger partial charge in [-0.2, -0.15) is 0 Å². The summed E-state index contributed by atoms with van der Waals surface area (Å²) >= 11 is 1.52. The van der Waals surface area contributed by atoms with E-state index in [1.54, 1.807) is 14.0 Å². The third kappa shape index (κ3) is 3.65. The Labute approximate surface area is 154 Å². The second-order valence-corrected chi connectivity index (χ2v) is 6.72. The number of fused-ring (bicyclic) bond motifs is 1. The summed E-state index contributed by atoms with van der Waals surface area (Å²) in [6.07, 6.45) is 0. The van der Waals surface area contributed by atoms with Crippen molar-refractivity contribution in [1.29, 1.82) is 0 Å². The average Bonchev–Trinajstić information content (AvgIpc) is 3.03. The van der Waals surface area contributed by atoms with E-state index >= 15 is 0 Å². The standard InChI is InChI=1S/C18H17N3O4S/c1-3-25-15-9-8-12(10-14(15)21(23)24)18(22)20(2)11-17-19-13-6-4-5-7-16(13)26-17/h4-10H,3,11H2,1-2H3. The molecule has 2 aromatic carbocycles. The molecule has 0 spiro atoms. The molecular formula is C18H17N3O4S. The summed E-state index contributed by atoms with van der Waals surface area (Å²) in [5.74, 6) is -0.154. The SMILES string of the molecule is CCOc1ccc(C(=O)N(C)Cc2nc3ccccc3s2)cc1[N+](=O)[O-]. The van der Waals surface area contributed by atoms with Crippen LogP contribution in [-0.2, 0) is 6.54 Å². The second kappa shape index (κ2) is 7.49. The molecule has 0 atom stereocenters. The number of amides is 1. The minimum absolute atomic E-state index is 0.155. The zero-order chi connectivity index (χ0) is 18.7. The number of benzene rings is 2. The maximum absolute atomic E-state index is 12.6. The molecule has 0 N–H and O–H groups in total. The lowest BCUT2D eigenvalue weighted by Crippen LogP contribution is -2.26. The molecule has 8 heteroatoms. The number of hydrogen-bond acceptors (Lipinski definition) is 6. The van der Waals surface area contributed by atoms with E-state index in [0.717, 1.165) is 15.2 Å². The summed E-state index contributed by atoms with van der Waals surface area (Å²) < 4.78 is 6.30. The van der Waals surface area contributed by atoms with E-state index in [1.165, 1.54) is 34.4 Å². The van der Waals surface area contributed by atoms with Crippen molar-refractivity contribution in [2.24, 2.45) is 0 Å². The number of nitro groups is 1. The van der Waals surface area contributed by atoms with Gasteiger partial charge in [0, 0.05) is 18.7 Å². The minimum Gasteiger partial charge on any atom is -0.487 e. The van der Waals surface area contributed by atoms with E-state index in [2.05, 4.69) is 4.98 Å². The maximum Gasteiger partial charge on any atom is 0.311 e. The summed E-state index contributed by atoms with van der Waals surface area (Å²) in [5, 5.41) is 12.0. The van der Waals surface area contributed by atoms with Gasteiger partial charge in [0.1, 0.15) is 5.01 Å². The number of carbonyl (C=O) groups is 1. The number of nitro benzene ring substituents is 1. The van der Waals surface area contributed by atoms with Crippen molar-refractivity contribution in [3.63, 3.8) is 0 Å². The van der Waals surface area contributed by atoms with Crippen molar-refractivity contribution in [2.45, 2.75) is 13.5 Å². The first-order chi connectivity index (χ1) is 12.5. The Bertz CT molecular complexity index is 937. The van der Waals surface area contributed by atoms with Crippen LogP contribution in [0, 0.1) is 10.1 Å². The molecule has 0 aliphatic heterocycles. The van der Waals surface area contributed by atoms with Crippen molar-refractivity contribution in [1.82, 2.24) is 9.88 Å². The number of hydrogen-bond donors (Lipinski definition) is 0. The quantitative estimate of drug-likeness (QED) is 0.485. The lowest BCUT2D eigenvalue weighted by atomic mass is 10.1. The highest BCUT2D eigenvalue weighted by Crippen LogP contribution is 2.29. The number of aromatic nitrogens is 1. The fourth-order valence-electron chi connectivity index (χ4n) is 2.55. The summed E-state index contributed by atoms with van der Waals surface area (Å²) in [5.41, 5.74) is 0.917. The van der Waals surface area contributed by atoms with E-state index in [9.17, 15) is 14.9 Å². The summed E-state index contributed by atoms with van der Waals surface area (Å²) in [7, 11) is 1.65. The van der Waals surface area contributed by atoms with Crippen LogP contribution in [0.4, 0.5) is 5.69 Å². The lowest BCUT2D eigenvalue weighted by Gasteiger charge is -2.16. The van der Waals surface area contributed by atoms with Gasteiger partial charge >= 0.3 is 5.69 Å². The van der Waals surface area contributed by atoms with Crippen LogP contribution in [0.15, 0.2) is 42.5 Å². The maximum atomic E-state index is 12.6. The number of nitrogens with zero attached hydrogens (tertiary/aromatic N) is 3. The Morgan fingerprint density at radius 3 is 2.77 bits per heavy atom. The molecule has 0 saturated heterocycles. The zero-order valence-electron chi connectivity index (χ0n) is 14.3. The normalized spacial score (nSPS) is 10.7. The molecule has 0 aliphatic carbocycles. The van der Waals surface area contributed by atoms with Crippen molar-refractivity contribution >= 4 is 33.1 Å². The highest BCUT2D eigenvalue weighted by Gasteiger charge is 2.21. The Balaban J connectivity index is 1.81. The van der Waals surface area contributed by atoms with Gasteiger partial charge in [0.25, 0.3) is 5.91 Å². The molecule has 0 radical (unpaired) electrons. The molecule has 1 amide bonds. The molecule has 0 unspecified atom stereocenters. The summed E-state index contributed by atoms with van der Waals surface area (Å²) in [6, 6.07) is 12.0. The Morgan fingerprint density at radius 1 is 1.31 bits per heavy atom. The van der Waals surface area contributed by atoms with Crippen LogP contribution in [0.3, 0.4) is 0 Å². The van der Waals surface area contributed by atoms with Gasteiger partial charge in [-0.3, -0.25) is 14.9 Å². The van der Waals surface area contributed by atoms with Crippen LogP contribution in [0.2, 0.25) is 0 Å². The van der Waals surface area contributed by atoms with Crippen LogP contribution in [0.25, 0.3) is 10.2 Å². The largest absolute Gasteiger partial charge is 0.487 e. The van der Waals surface area contributed by atoms with Gasteiger partial charge < -0.3 is 9.64 Å². The fourth-order valence-corrected chi connectivity index (χ4v) is 3.57.